The molecule has 0 unspecified atom stereocenters. The van der Waals surface area contributed by atoms with Gasteiger partial charge in [0, 0.05) is 10.3 Å². The summed E-state index contributed by atoms with van der Waals surface area (Å²) >= 11 is 0.969. The minimum atomic E-state index is -1.76. The van der Waals surface area contributed by atoms with E-state index in [9.17, 15) is 17.6 Å². The van der Waals surface area contributed by atoms with Crippen molar-refractivity contribution in [1.82, 2.24) is 0 Å². The molecule has 90 valence electrons. The van der Waals surface area contributed by atoms with Crippen LogP contribution in [0.2, 0.25) is 0 Å². The van der Waals surface area contributed by atoms with Crippen LogP contribution >= 0.6 is 11.8 Å². The van der Waals surface area contributed by atoms with Gasteiger partial charge in [-0.25, -0.2) is 17.6 Å². The first-order valence-electron chi connectivity index (χ1n) is 4.66. The van der Waals surface area contributed by atoms with Gasteiger partial charge in [0.1, 0.15) is 0 Å². The third-order valence-corrected chi connectivity index (χ3v) is 3.16. The van der Waals surface area contributed by atoms with Gasteiger partial charge in [0.25, 0.3) is 0 Å². The molecule has 0 aliphatic carbocycles. The molecule has 16 heavy (non-hydrogen) atoms. The van der Waals surface area contributed by atoms with Crippen molar-refractivity contribution in [1.29, 1.82) is 0 Å². The molecule has 0 atom stereocenters. The summed E-state index contributed by atoms with van der Waals surface area (Å²) in [6.07, 6.45) is 0. The monoisotopic (exact) mass is 252 g/mol. The summed E-state index contributed by atoms with van der Waals surface area (Å²) in [6, 6.07) is 0. The Kier molecular flexibility index (Phi) is 3.57. The van der Waals surface area contributed by atoms with Crippen LogP contribution in [0.3, 0.4) is 0 Å². The zero-order valence-electron chi connectivity index (χ0n) is 9.42. The molecule has 0 aliphatic rings. The SMILES string of the molecule is Cc1c(F)c(F)c(F)c(F)c1SC(C)(C)C. The van der Waals surface area contributed by atoms with Crippen molar-refractivity contribution in [2.24, 2.45) is 0 Å². The Bertz CT molecular complexity index is 392. The van der Waals surface area contributed by atoms with Crippen LogP contribution in [0.1, 0.15) is 26.3 Å². The van der Waals surface area contributed by atoms with Gasteiger partial charge in [0.2, 0.25) is 0 Å². The quantitative estimate of drug-likeness (QED) is 0.308. The van der Waals surface area contributed by atoms with Gasteiger partial charge in [-0.15, -0.1) is 11.8 Å². The van der Waals surface area contributed by atoms with Gasteiger partial charge in [0.15, 0.2) is 23.3 Å². The van der Waals surface area contributed by atoms with E-state index in [-0.39, 0.29) is 10.5 Å². The maximum Gasteiger partial charge on any atom is 0.198 e. The lowest BCUT2D eigenvalue weighted by Gasteiger charge is -2.20. The molecule has 0 radical (unpaired) electrons. The first-order valence-corrected chi connectivity index (χ1v) is 5.48. The van der Waals surface area contributed by atoms with E-state index < -0.39 is 28.0 Å². The van der Waals surface area contributed by atoms with Gasteiger partial charge in [-0.1, -0.05) is 20.8 Å². The molecule has 0 amide bonds. The van der Waals surface area contributed by atoms with E-state index in [4.69, 9.17) is 0 Å². The standard InChI is InChI=1S/C11H12F4S/c1-5-6(12)7(13)8(14)9(15)10(5)16-11(2,3)4/h1-4H3. The lowest BCUT2D eigenvalue weighted by Crippen LogP contribution is -2.11. The number of hydrogen-bond donors (Lipinski definition) is 0. The molecule has 1 aromatic carbocycles. The summed E-state index contributed by atoms with van der Waals surface area (Å²) in [5, 5.41) is 0. The largest absolute Gasteiger partial charge is 0.203 e. The number of hydrogen-bond acceptors (Lipinski definition) is 1. The lowest BCUT2D eigenvalue weighted by atomic mass is 10.2. The van der Waals surface area contributed by atoms with Crippen molar-refractivity contribution in [3.8, 4) is 0 Å². The summed E-state index contributed by atoms with van der Waals surface area (Å²) in [5.74, 6) is -6.16. The summed E-state index contributed by atoms with van der Waals surface area (Å²) in [6.45, 7) is 6.55. The molecule has 0 fully saturated rings. The number of rotatable bonds is 1. The molecule has 0 saturated heterocycles. The summed E-state index contributed by atoms with van der Waals surface area (Å²) in [4.78, 5) is -0.177. The minimum absolute atomic E-state index is 0.177. The van der Waals surface area contributed by atoms with E-state index in [0.29, 0.717) is 0 Å². The van der Waals surface area contributed by atoms with Gasteiger partial charge >= 0.3 is 0 Å². The second kappa shape index (κ2) is 4.28. The molecule has 0 bridgehead atoms. The predicted octanol–water partition coefficient (Wildman–Crippen LogP) is 4.44. The van der Waals surface area contributed by atoms with Crippen molar-refractivity contribution in [3.05, 3.63) is 28.8 Å². The Labute approximate surface area is 96.0 Å². The average Bonchev–Trinajstić information content (AvgIpc) is 2.17. The van der Waals surface area contributed by atoms with Crippen LogP contribution in [0.25, 0.3) is 0 Å². The molecule has 0 heterocycles. The molecule has 1 aromatic rings. The fraction of sp³-hybridized carbons (Fsp3) is 0.455. The van der Waals surface area contributed by atoms with Gasteiger partial charge in [0.05, 0.1) is 4.90 Å². The summed E-state index contributed by atoms with van der Waals surface area (Å²) in [7, 11) is 0. The zero-order chi connectivity index (χ0) is 12.7. The maximum absolute atomic E-state index is 13.4. The number of benzene rings is 1. The highest BCUT2D eigenvalue weighted by atomic mass is 32.2. The van der Waals surface area contributed by atoms with Gasteiger partial charge in [-0.3, -0.25) is 0 Å². The normalized spacial score (nSPS) is 12.0. The van der Waals surface area contributed by atoms with Crippen LogP contribution < -0.4 is 0 Å². The van der Waals surface area contributed by atoms with Crippen LogP contribution in [0.15, 0.2) is 4.90 Å². The van der Waals surface area contributed by atoms with Crippen molar-refractivity contribution in [2.45, 2.75) is 37.3 Å². The minimum Gasteiger partial charge on any atom is -0.203 e. The molecule has 0 aromatic heterocycles. The van der Waals surface area contributed by atoms with Crippen LogP contribution in [0.5, 0.6) is 0 Å². The Balaban J connectivity index is 3.40. The van der Waals surface area contributed by atoms with E-state index in [1.165, 1.54) is 6.92 Å². The molecule has 1 rings (SSSR count). The van der Waals surface area contributed by atoms with Gasteiger partial charge in [-0.2, -0.15) is 0 Å². The van der Waals surface area contributed by atoms with E-state index in [1.54, 1.807) is 20.8 Å². The highest BCUT2D eigenvalue weighted by Crippen LogP contribution is 2.38. The molecular formula is C11H12F4S. The molecular weight excluding hydrogens is 240 g/mol. The predicted molar refractivity (Wildman–Crippen MR) is 56.6 cm³/mol. The Morgan fingerprint density at radius 2 is 1.25 bits per heavy atom. The maximum atomic E-state index is 13.4. The fourth-order valence-corrected chi connectivity index (χ4v) is 2.18. The Morgan fingerprint density at radius 3 is 1.69 bits per heavy atom. The van der Waals surface area contributed by atoms with Crippen LogP contribution in [-0.4, -0.2) is 4.75 Å². The number of thioether (sulfide) groups is 1. The van der Waals surface area contributed by atoms with E-state index in [2.05, 4.69) is 0 Å². The van der Waals surface area contributed by atoms with Crippen LogP contribution in [-0.2, 0) is 0 Å². The van der Waals surface area contributed by atoms with Crippen molar-refractivity contribution >= 4 is 11.8 Å². The van der Waals surface area contributed by atoms with Crippen LogP contribution in [0, 0.1) is 30.2 Å². The van der Waals surface area contributed by atoms with Crippen molar-refractivity contribution in [2.75, 3.05) is 0 Å². The summed E-state index contributed by atoms with van der Waals surface area (Å²) < 4.78 is 52.1. The highest BCUT2D eigenvalue weighted by molar-refractivity contribution is 8.00. The van der Waals surface area contributed by atoms with E-state index in [1.807, 2.05) is 0 Å². The topological polar surface area (TPSA) is 0 Å². The van der Waals surface area contributed by atoms with Gasteiger partial charge < -0.3 is 0 Å². The molecule has 0 N–H and O–H groups in total. The fourth-order valence-electron chi connectivity index (χ4n) is 1.15. The first-order chi connectivity index (χ1) is 7.15. The first kappa shape index (κ1) is 13.4. The van der Waals surface area contributed by atoms with E-state index in [0.717, 1.165) is 11.8 Å². The average molecular weight is 252 g/mol. The summed E-state index contributed by atoms with van der Waals surface area (Å²) in [5.41, 5.74) is -0.198. The Morgan fingerprint density at radius 1 is 0.812 bits per heavy atom. The second-order valence-electron chi connectivity index (χ2n) is 4.42. The van der Waals surface area contributed by atoms with Crippen molar-refractivity contribution in [3.63, 3.8) is 0 Å². The van der Waals surface area contributed by atoms with Gasteiger partial charge in [-0.05, 0) is 6.92 Å². The zero-order valence-corrected chi connectivity index (χ0v) is 10.2. The van der Waals surface area contributed by atoms with Crippen LogP contribution in [0.4, 0.5) is 17.6 Å². The third kappa shape index (κ3) is 2.51. The molecule has 5 heteroatoms. The van der Waals surface area contributed by atoms with E-state index >= 15 is 0 Å². The second-order valence-corrected chi connectivity index (χ2v) is 6.26. The molecule has 0 spiro atoms. The van der Waals surface area contributed by atoms with Crippen molar-refractivity contribution < 1.29 is 17.6 Å². The molecule has 0 nitrogen and oxygen atoms in total. The Hall–Kier alpha value is -0.710. The number of halogens is 4. The third-order valence-electron chi connectivity index (χ3n) is 1.86. The lowest BCUT2D eigenvalue weighted by molar-refractivity contribution is 0.394. The smallest absolute Gasteiger partial charge is 0.198 e. The highest BCUT2D eigenvalue weighted by Gasteiger charge is 2.26. The molecule has 0 aliphatic heterocycles. The molecule has 0 saturated carbocycles.